The fourth-order valence-electron chi connectivity index (χ4n) is 14.6. The predicted molar refractivity (Wildman–Crippen MR) is 578 cm³/mol. The van der Waals surface area contributed by atoms with Crippen LogP contribution in [0.1, 0.15) is 0 Å². The van der Waals surface area contributed by atoms with Crippen molar-refractivity contribution in [2.45, 2.75) is 0 Å². The number of benzene rings is 12. The van der Waals surface area contributed by atoms with Gasteiger partial charge in [-0.25, -0.2) is 38.9 Å². The Morgan fingerprint density at radius 3 is 0.426 bits per heavy atom. The first-order chi connectivity index (χ1) is 71.5. The van der Waals surface area contributed by atoms with E-state index in [1.54, 1.807) is 43.4 Å². The number of hydrogen-bond donors (Lipinski definition) is 0. The molecule has 0 saturated heterocycles. The van der Waals surface area contributed by atoms with E-state index in [2.05, 4.69) is 145 Å². The van der Waals surface area contributed by atoms with Crippen molar-refractivity contribution in [2.24, 2.45) is 0 Å². The minimum absolute atomic E-state index is 0. The van der Waals surface area contributed by atoms with Gasteiger partial charge in [0.2, 0.25) is 0 Å². The monoisotopic (exact) mass is 2610 g/mol. The summed E-state index contributed by atoms with van der Waals surface area (Å²) in [5, 5.41) is 0. The van der Waals surface area contributed by atoms with E-state index in [1.807, 2.05) is 479 Å². The van der Waals surface area contributed by atoms with Crippen LogP contribution in [0, 0.1) is 72.8 Å². The Bertz CT molecular complexity index is 6070. The van der Waals surface area contributed by atoms with E-state index in [9.17, 15) is 0 Å². The SMILES string of the molecule is [Ir+3].[Ir+3].[Ir+3].[Ir+3].[c-]1c(-c2ccccn2)cccc1-c1ccccn1.[c-]1ccccc1-c1[c-]c(-c2[c-]cccc2)ccc1.[c-]1ccccc1-c1[c-]c(-c2ccccn2)ccc1.[c-]1ccccc1-c1cccc(-c2[c-]cccc2)n1.[c-]1ccccc1-c1cccc(-c2[c-]cccc2)n1.[c-]1ccccc1-c1cccc(-c2ccccn2)n1.[c-]1ccccc1-c1cccc(-c2ccccn2)n1.c1ccc(-c2cccc(-c3ccccn3)n2)nc1. The van der Waals surface area contributed by atoms with Crippen LogP contribution in [-0.4, -0.2) is 59.8 Å². The van der Waals surface area contributed by atoms with Gasteiger partial charge in [-0.15, -0.1) is 282 Å². The topological polar surface area (TPSA) is 155 Å². The molecule has 0 spiro atoms. The molecule has 0 saturated carbocycles. The van der Waals surface area contributed by atoms with Crippen molar-refractivity contribution < 1.29 is 80.4 Å². The quantitative estimate of drug-likeness (QED) is 0.0846. The molecule has 12 heterocycles. The van der Waals surface area contributed by atoms with Gasteiger partial charge in [0, 0.05) is 60.5 Å². The first-order valence-corrected chi connectivity index (χ1v) is 46.5. The number of rotatable bonds is 16. The summed E-state index contributed by atoms with van der Waals surface area (Å²) in [6.07, 6.45) is 12.5. The third-order valence-corrected chi connectivity index (χ3v) is 21.6. The summed E-state index contributed by atoms with van der Waals surface area (Å²) in [6.45, 7) is 0. The Morgan fingerprint density at radius 1 is 0.101 bits per heavy atom. The first kappa shape index (κ1) is 108. The van der Waals surface area contributed by atoms with Gasteiger partial charge < -0.3 is 9.97 Å². The molecule has 712 valence electrons. The van der Waals surface area contributed by atoms with Crippen molar-refractivity contribution in [1.29, 1.82) is 0 Å². The van der Waals surface area contributed by atoms with Gasteiger partial charge in [-0.05, 0) is 125 Å². The second-order valence-corrected chi connectivity index (χ2v) is 31.5. The summed E-state index contributed by atoms with van der Waals surface area (Å²) in [6, 6.07) is 199. The molecule has 12 aromatic heterocycles. The standard InChI is InChI=1S/C18H11.3C17H11N.3C16H11N2.C15H11N3.4Ir/c1-3-8-15(9-4-1)17-12-7-13-18(14-17)16-10-5-2-6-11-16;2*1-3-8-14(9-4-1)16-12-7-13-17(18-16)15-10-5-2-6-11-15;1-2-7-14(8-3-1)15-9-6-10-16(13-15)17-11-4-5-12-18-17;1-3-10-17-15(8-1)13-6-5-7-14(12-13)16-9-2-4-11-18-16;2*1-2-7-13(8-3-1)14-10-6-11-16(18-14)15-9-4-5-12-17-15;1-3-10-16-12(6-1)14-8-5-9-15(18-14)13-7-2-4-11-17-13;;;;/h3*1-8,10,12-13H;1-7,9-12H;1-11H;2*1-7,9-12H;1-11H;;;;/q-3;3*-2;3*-1;;4*+3. The Kier molecular flexibility index (Phi) is 43.4. The Balaban J connectivity index is 0.000000141. The summed E-state index contributed by atoms with van der Waals surface area (Å²) in [7, 11) is 0. The van der Waals surface area contributed by atoms with Crippen molar-refractivity contribution in [3.63, 3.8) is 0 Å². The molecule has 0 atom stereocenters. The molecule has 16 heteroatoms. The molecular formula is C132H88Ir4N12. The molecule has 12 aromatic carbocycles. The zero-order valence-corrected chi connectivity index (χ0v) is 89.1. The van der Waals surface area contributed by atoms with Crippen molar-refractivity contribution in [3.8, 4) is 180 Å². The summed E-state index contributed by atoms with van der Waals surface area (Å²) < 4.78 is 0. The summed E-state index contributed by atoms with van der Waals surface area (Å²) in [4.78, 5) is 53.4. The molecular weight excluding hydrogens is 2520 g/mol. The van der Waals surface area contributed by atoms with Gasteiger partial charge in [-0.1, -0.05) is 139 Å². The number of pyridine rings is 12. The van der Waals surface area contributed by atoms with E-state index in [0.717, 1.165) is 180 Å². The fourth-order valence-corrected chi connectivity index (χ4v) is 14.6. The number of aromatic nitrogens is 12. The molecule has 12 nitrogen and oxygen atoms in total. The minimum Gasteiger partial charge on any atom is -0.345 e. The zero-order chi connectivity index (χ0) is 97.7. The molecule has 0 fully saturated rings. The van der Waals surface area contributed by atoms with Gasteiger partial charge in [-0.2, -0.15) is 103 Å². The largest absolute Gasteiger partial charge is 3.00 e. The van der Waals surface area contributed by atoms with Gasteiger partial charge in [0.05, 0.1) is 45.6 Å². The molecule has 0 aliphatic carbocycles. The van der Waals surface area contributed by atoms with Crippen LogP contribution in [0.4, 0.5) is 0 Å². The van der Waals surface area contributed by atoms with Gasteiger partial charge in [-0.3, -0.25) is 44.9 Å². The van der Waals surface area contributed by atoms with E-state index in [4.69, 9.17) is 0 Å². The molecule has 0 amide bonds. The minimum atomic E-state index is 0. The maximum absolute atomic E-state index is 4.65. The second-order valence-electron chi connectivity index (χ2n) is 31.5. The van der Waals surface area contributed by atoms with E-state index < -0.39 is 0 Å². The predicted octanol–water partition coefficient (Wildman–Crippen LogP) is 30.5. The van der Waals surface area contributed by atoms with Gasteiger partial charge in [0.1, 0.15) is 0 Å². The van der Waals surface area contributed by atoms with Crippen LogP contribution >= 0.6 is 0 Å². The average molecular weight is 2610 g/mol. The molecule has 0 aliphatic rings. The summed E-state index contributed by atoms with van der Waals surface area (Å²) in [5.41, 5.74) is 30.7. The summed E-state index contributed by atoms with van der Waals surface area (Å²) in [5.74, 6) is 0. The molecule has 24 aromatic rings. The molecule has 148 heavy (non-hydrogen) atoms. The van der Waals surface area contributed by atoms with E-state index >= 15 is 0 Å². The van der Waals surface area contributed by atoms with Crippen LogP contribution in [0.25, 0.3) is 180 Å². The Labute approximate surface area is 919 Å². The Morgan fingerprint density at radius 2 is 0.236 bits per heavy atom. The summed E-state index contributed by atoms with van der Waals surface area (Å²) >= 11 is 0. The number of hydrogen-bond acceptors (Lipinski definition) is 12. The smallest absolute Gasteiger partial charge is 0.345 e. The van der Waals surface area contributed by atoms with Crippen LogP contribution in [0.3, 0.4) is 0 Å². The molecule has 0 bridgehead atoms. The van der Waals surface area contributed by atoms with E-state index in [1.165, 1.54) is 0 Å². The van der Waals surface area contributed by atoms with Crippen LogP contribution in [0.2, 0.25) is 0 Å². The molecule has 0 unspecified atom stereocenters. The van der Waals surface area contributed by atoms with Crippen LogP contribution in [0.15, 0.2) is 535 Å². The van der Waals surface area contributed by atoms with Crippen molar-refractivity contribution in [2.75, 3.05) is 0 Å². The van der Waals surface area contributed by atoms with Crippen LogP contribution < -0.4 is 0 Å². The van der Waals surface area contributed by atoms with Crippen molar-refractivity contribution in [3.05, 3.63) is 608 Å². The molecule has 0 N–H and O–H groups in total. The van der Waals surface area contributed by atoms with Crippen molar-refractivity contribution >= 4 is 0 Å². The maximum atomic E-state index is 4.65. The average Bonchev–Trinajstić information content (AvgIpc) is 0.868. The fraction of sp³-hybridized carbons (Fsp3) is 0. The van der Waals surface area contributed by atoms with E-state index in [0.29, 0.717) is 0 Å². The van der Waals surface area contributed by atoms with Gasteiger partial charge in [0.25, 0.3) is 0 Å². The third kappa shape index (κ3) is 32.5. The van der Waals surface area contributed by atoms with Gasteiger partial charge >= 0.3 is 80.4 Å². The number of nitrogens with zero attached hydrogens (tertiary/aromatic N) is 12. The van der Waals surface area contributed by atoms with Crippen LogP contribution in [-0.2, 0) is 80.4 Å². The van der Waals surface area contributed by atoms with Crippen LogP contribution in [0.5, 0.6) is 0 Å². The normalized spacial score (nSPS) is 9.95. The van der Waals surface area contributed by atoms with E-state index in [-0.39, 0.29) is 80.4 Å². The second kappa shape index (κ2) is 59.3. The zero-order valence-electron chi connectivity index (χ0n) is 79.5. The van der Waals surface area contributed by atoms with Crippen molar-refractivity contribution in [1.82, 2.24) is 59.8 Å². The Hall–Kier alpha value is -17.0. The molecule has 24 rings (SSSR count). The molecule has 0 aliphatic heterocycles. The third-order valence-electron chi connectivity index (χ3n) is 21.6. The maximum Gasteiger partial charge on any atom is 3.00 e. The van der Waals surface area contributed by atoms with Gasteiger partial charge in [0.15, 0.2) is 0 Å². The first-order valence-electron chi connectivity index (χ1n) is 46.5. The molecule has 0 radical (unpaired) electrons.